The normalized spacial score (nSPS) is 18.9. The number of nitrogens with zero attached hydrogens (tertiary/aromatic N) is 1. The number of para-hydroxylation sites is 1. The molecule has 0 unspecified atom stereocenters. The van der Waals surface area contributed by atoms with Crippen LogP contribution < -0.4 is 16.4 Å². The van der Waals surface area contributed by atoms with Crippen molar-refractivity contribution in [1.29, 1.82) is 0 Å². The molecule has 12 heteroatoms. The molecule has 1 saturated carbocycles. The van der Waals surface area contributed by atoms with Crippen LogP contribution in [0.15, 0.2) is 47.5 Å². The summed E-state index contributed by atoms with van der Waals surface area (Å²) in [5.74, 6) is -6.01. The Kier molecular flexibility index (Phi) is 8.05. The molecule has 4 rings (SSSR count). The van der Waals surface area contributed by atoms with Crippen LogP contribution in [0.1, 0.15) is 43.2 Å². The van der Waals surface area contributed by atoms with Gasteiger partial charge in [-0.25, -0.2) is 9.38 Å². The fraction of sp³-hybridized carbons (Fsp3) is 0.385. The summed E-state index contributed by atoms with van der Waals surface area (Å²) in [7, 11) is 0. The lowest BCUT2D eigenvalue weighted by molar-refractivity contribution is -0.146. The number of hydrogen-bond donors (Lipinski definition) is 3. The number of halogens is 5. The summed E-state index contributed by atoms with van der Waals surface area (Å²) in [6.45, 7) is 0. The molecule has 0 spiro atoms. The fourth-order valence-corrected chi connectivity index (χ4v) is 4.72. The number of primary amides is 1. The zero-order chi connectivity index (χ0) is 27.6. The maximum atomic E-state index is 14.7. The van der Waals surface area contributed by atoms with E-state index in [0.717, 1.165) is 18.9 Å². The lowest BCUT2D eigenvalue weighted by Crippen LogP contribution is -2.48. The molecule has 1 aliphatic carbocycles. The molecule has 0 radical (unpaired) electrons. The fourth-order valence-electron chi connectivity index (χ4n) is 4.53. The van der Waals surface area contributed by atoms with Crippen molar-refractivity contribution in [2.45, 2.75) is 44.4 Å². The molecule has 2 aliphatic rings. The van der Waals surface area contributed by atoms with E-state index in [4.69, 9.17) is 17.3 Å². The Balaban J connectivity index is 1.69. The van der Waals surface area contributed by atoms with Crippen LogP contribution in [0.2, 0.25) is 5.02 Å². The average Bonchev–Trinajstić information content (AvgIpc) is 3.66. The zero-order valence-electron chi connectivity index (χ0n) is 20.0. The van der Waals surface area contributed by atoms with Crippen molar-refractivity contribution in [3.63, 3.8) is 0 Å². The molecule has 1 heterocycles. The second-order valence-corrected chi connectivity index (χ2v) is 9.94. The van der Waals surface area contributed by atoms with E-state index >= 15 is 0 Å². The number of carbonyl (C=O) groups is 3. The SMILES string of the molecule is NC(=O)[C@@H](CC1CC1)[C@@H](CCC(F)(F)F)C(=O)N[C@H]1N=C(c2cccc(Cl)c2)c2cccc(F)c2NC1=O. The molecular weight excluding hydrogens is 528 g/mol. The third-order valence-corrected chi connectivity index (χ3v) is 6.85. The predicted molar refractivity (Wildman–Crippen MR) is 133 cm³/mol. The van der Waals surface area contributed by atoms with Crippen molar-refractivity contribution in [3.05, 3.63) is 64.4 Å². The molecule has 202 valence electrons. The molecule has 1 aliphatic heterocycles. The molecule has 38 heavy (non-hydrogen) atoms. The van der Waals surface area contributed by atoms with Crippen LogP contribution in [0.3, 0.4) is 0 Å². The third-order valence-electron chi connectivity index (χ3n) is 6.61. The van der Waals surface area contributed by atoms with Gasteiger partial charge in [0.2, 0.25) is 18.0 Å². The van der Waals surface area contributed by atoms with E-state index < -0.39 is 60.6 Å². The minimum absolute atomic E-state index is 0.0970. The number of fused-ring (bicyclic) bond motifs is 1. The summed E-state index contributed by atoms with van der Waals surface area (Å²) < 4.78 is 53.9. The molecule has 3 amide bonds. The molecule has 7 nitrogen and oxygen atoms in total. The molecule has 0 saturated heterocycles. The number of carbonyl (C=O) groups excluding carboxylic acids is 3. The summed E-state index contributed by atoms with van der Waals surface area (Å²) in [6, 6.07) is 10.5. The maximum absolute atomic E-state index is 14.7. The Bertz CT molecular complexity index is 1280. The number of hydrogen-bond acceptors (Lipinski definition) is 4. The first-order valence-electron chi connectivity index (χ1n) is 12.0. The summed E-state index contributed by atoms with van der Waals surface area (Å²) in [5, 5.41) is 5.11. The highest BCUT2D eigenvalue weighted by Crippen LogP contribution is 2.39. The van der Waals surface area contributed by atoms with Crippen molar-refractivity contribution >= 4 is 40.7 Å². The lowest BCUT2D eigenvalue weighted by atomic mass is 9.83. The Morgan fingerprint density at radius 3 is 2.50 bits per heavy atom. The van der Waals surface area contributed by atoms with Gasteiger partial charge in [-0.1, -0.05) is 48.7 Å². The largest absolute Gasteiger partial charge is 0.389 e. The predicted octanol–water partition coefficient (Wildman–Crippen LogP) is 4.57. The zero-order valence-corrected chi connectivity index (χ0v) is 20.8. The first-order chi connectivity index (χ1) is 17.9. The van der Waals surface area contributed by atoms with Gasteiger partial charge in [0, 0.05) is 34.4 Å². The van der Waals surface area contributed by atoms with Gasteiger partial charge in [-0.2, -0.15) is 13.2 Å². The van der Waals surface area contributed by atoms with E-state index in [1.807, 2.05) is 0 Å². The van der Waals surface area contributed by atoms with Gasteiger partial charge >= 0.3 is 6.18 Å². The number of aliphatic imine (C=N–C) groups is 1. The Morgan fingerprint density at radius 2 is 1.87 bits per heavy atom. The van der Waals surface area contributed by atoms with Crippen molar-refractivity contribution < 1.29 is 31.9 Å². The number of anilines is 1. The van der Waals surface area contributed by atoms with Crippen LogP contribution >= 0.6 is 11.6 Å². The molecular formula is C26H25ClF4N4O3. The quantitative estimate of drug-likeness (QED) is 0.396. The van der Waals surface area contributed by atoms with Crippen LogP contribution in [0.5, 0.6) is 0 Å². The van der Waals surface area contributed by atoms with E-state index in [0.29, 0.717) is 10.6 Å². The number of amides is 3. The molecule has 1 fully saturated rings. The van der Waals surface area contributed by atoms with Gasteiger partial charge in [0.25, 0.3) is 5.91 Å². The second kappa shape index (κ2) is 11.1. The highest BCUT2D eigenvalue weighted by molar-refractivity contribution is 6.31. The monoisotopic (exact) mass is 552 g/mol. The molecule has 4 N–H and O–H groups in total. The number of alkyl halides is 3. The van der Waals surface area contributed by atoms with Crippen LogP contribution in [0.25, 0.3) is 0 Å². The van der Waals surface area contributed by atoms with Gasteiger partial charge in [0.1, 0.15) is 5.82 Å². The summed E-state index contributed by atoms with van der Waals surface area (Å²) in [6.07, 6.45) is -6.45. The highest BCUT2D eigenvalue weighted by Gasteiger charge is 2.41. The van der Waals surface area contributed by atoms with Gasteiger partial charge in [0.05, 0.1) is 11.4 Å². The molecule has 0 bridgehead atoms. The molecule has 0 aromatic heterocycles. The van der Waals surface area contributed by atoms with E-state index in [1.54, 1.807) is 18.2 Å². The van der Waals surface area contributed by atoms with Crippen molar-refractivity contribution in [2.75, 3.05) is 5.32 Å². The summed E-state index contributed by atoms with van der Waals surface area (Å²) in [5.41, 5.74) is 6.08. The Labute approximate surface area is 220 Å². The number of benzodiazepines with no additional fused rings is 1. The highest BCUT2D eigenvalue weighted by atomic mass is 35.5. The molecule has 2 aromatic rings. The van der Waals surface area contributed by atoms with Crippen molar-refractivity contribution in [3.8, 4) is 0 Å². The second-order valence-electron chi connectivity index (χ2n) is 9.50. The molecule has 2 aromatic carbocycles. The summed E-state index contributed by atoms with van der Waals surface area (Å²) in [4.78, 5) is 43.0. The van der Waals surface area contributed by atoms with Gasteiger partial charge in [-0.15, -0.1) is 0 Å². The minimum Gasteiger partial charge on any atom is -0.369 e. The third kappa shape index (κ3) is 6.69. The number of rotatable bonds is 9. The van der Waals surface area contributed by atoms with Gasteiger partial charge in [-0.05, 0) is 37.0 Å². The maximum Gasteiger partial charge on any atom is 0.389 e. The van der Waals surface area contributed by atoms with Crippen LogP contribution in [0.4, 0.5) is 23.2 Å². The van der Waals surface area contributed by atoms with Gasteiger partial charge in [0.15, 0.2) is 0 Å². The average molecular weight is 553 g/mol. The van der Waals surface area contributed by atoms with Crippen LogP contribution in [-0.2, 0) is 14.4 Å². The smallest absolute Gasteiger partial charge is 0.369 e. The minimum atomic E-state index is -4.57. The van der Waals surface area contributed by atoms with E-state index in [1.165, 1.54) is 18.2 Å². The van der Waals surface area contributed by atoms with E-state index in [2.05, 4.69) is 15.6 Å². The first kappa shape index (κ1) is 27.6. The Hall–Kier alpha value is -3.47. The molecule has 3 atom stereocenters. The van der Waals surface area contributed by atoms with E-state index in [9.17, 15) is 31.9 Å². The standard InChI is InChI=1S/C26H25ClF4N4O3/c27-15-4-1-3-14(12-15)20-17-5-2-6-19(28)21(17)34-25(38)23(33-20)35-24(37)16(9-10-26(29,30)31)18(22(32)36)11-13-7-8-13/h1-6,12-13,16,18,23H,7-11H2,(H2,32,36)(H,34,38)(H,35,37)/t16-,18+,23-/m1/s1. The van der Waals surface area contributed by atoms with Gasteiger partial charge < -0.3 is 16.4 Å². The number of nitrogens with one attached hydrogen (secondary N) is 2. The lowest BCUT2D eigenvalue weighted by Gasteiger charge is -2.26. The number of benzene rings is 2. The van der Waals surface area contributed by atoms with Gasteiger partial charge in [-0.3, -0.25) is 14.4 Å². The van der Waals surface area contributed by atoms with Crippen molar-refractivity contribution in [2.24, 2.45) is 28.5 Å². The van der Waals surface area contributed by atoms with E-state index in [-0.39, 0.29) is 29.3 Å². The number of nitrogens with two attached hydrogens (primary N) is 1. The topological polar surface area (TPSA) is 114 Å². The van der Waals surface area contributed by atoms with Crippen molar-refractivity contribution in [1.82, 2.24) is 5.32 Å². The summed E-state index contributed by atoms with van der Waals surface area (Å²) >= 11 is 6.12. The van der Waals surface area contributed by atoms with Crippen LogP contribution in [-0.4, -0.2) is 35.8 Å². The van der Waals surface area contributed by atoms with Crippen LogP contribution in [0, 0.1) is 23.6 Å². The first-order valence-corrected chi connectivity index (χ1v) is 12.4. The Morgan fingerprint density at radius 1 is 1.16 bits per heavy atom.